The highest BCUT2D eigenvalue weighted by molar-refractivity contribution is 5.95. The van der Waals surface area contributed by atoms with Crippen molar-refractivity contribution in [2.24, 2.45) is 0 Å². The molecule has 1 aliphatic rings. The second kappa shape index (κ2) is 9.01. The number of aromatic nitrogens is 3. The van der Waals surface area contributed by atoms with Crippen LogP contribution in [0.1, 0.15) is 15.9 Å². The summed E-state index contributed by atoms with van der Waals surface area (Å²) in [4.78, 5) is 19.1. The van der Waals surface area contributed by atoms with Gasteiger partial charge >= 0.3 is 0 Å². The molecule has 0 saturated carbocycles. The number of rotatable bonds is 6. The van der Waals surface area contributed by atoms with E-state index in [0.29, 0.717) is 18.7 Å². The highest BCUT2D eigenvalue weighted by Crippen LogP contribution is 2.33. The summed E-state index contributed by atoms with van der Waals surface area (Å²) < 4.78 is 12.9. The molecule has 33 heavy (non-hydrogen) atoms. The van der Waals surface area contributed by atoms with Gasteiger partial charge in [0.25, 0.3) is 5.91 Å². The maximum Gasteiger partial charge on any atom is 0.251 e. The first-order chi connectivity index (χ1) is 16.1. The summed E-state index contributed by atoms with van der Waals surface area (Å²) in [5.74, 6) is 0.719. The Morgan fingerprint density at radius 3 is 2.91 bits per heavy atom. The number of hydrogen-bond donors (Lipinski definition) is 1. The minimum absolute atomic E-state index is 0.0999. The van der Waals surface area contributed by atoms with Crippen molar-refractivity contribution in [2.45, 2.75) is 6.61 Å². The Balaban J connectivity index is 1.49. The average Bonchev–Trinajstić information content (AvgIpc) is 3.27. The molecular formula is C25H25N5O3. The monoisotopic (exact) mass is 443 g/mol. The van der Waals surface area contributed by atoms with Gasteiger partial charge in [-0.1, -0.05) is 24.3 Å². The van der Waals surface area contributed by atoms with E-state index in [4.69, 9.17) is 14.6 Å². The summed E-state index contributed by atoms with van der Waals surface area (Å²) in [6, 6.07) is 17.3. The minimum atomic E-state index is -0.0999. The minimum Gasteiger partial charge on any atom is -0.467 e. The number of fused-ring (bicyclic) bond motifs is 2. The van der Waals surface area contributed by atoms with Crippen LogP contribution in [-0.4, -0.2) is 59.4 Å². The Labute approximate surface area is 191 Å². The van der Waals surface area contributed by atoms with E-state index in [0.717, 1.165) is 46.0 Å². The van der Waals surface area contributed by atoms with Gasteiger partial charge in [-0.2, -0.15) is 5.10 Å². The molecule has 8 nitrogen and oxygen atoms in total. The van der Waals surface area contributed by atoms with Crippen LogP contribution in [0.25, 0.3) is 28.2 Å². The number of hydrogen-bond acceptors (Lipinski definition) is 6. The number of nitrogens with zero attached hydrogens (tertiary/aromatic N) is 4. The van der Waals surface area contributed by atoms with Crippen LogP contribution in [0, 0.1) is 0 Å². The lowest BCUT2D eigenvalue weighted by Gasteiger charge is -2.20. The first-order valence-corrected chi connectivity index (χ1v) is 10.8. The molecule has 0 bridgehead atoms. The number of carbonyl (C=O) groups excluding carboxylic acids is 1. The molecule has 0 aliphatic carbocycles. The predicted molar refractivity (Wildman–Crippen MR) is 125 cm³/mol. The molecule has 1 amide bonds. The largest absolute Gasteiger partial charge is 0.467 e. The van der Waals surface area contributed by atoms with E-state index >= 15 is 0 Å². The van der Waals surface area contributed by atoms with E-state index in [2.05, 4.69) is 10.3 Å². The van der Waals surface area contributed by atoms with Crippen LogP contribution in [0.3, 0.4) is 0 Å². The highest BCUT2D eigenvalue weighted by atomic mass is 16.7. The molecule has 2 aromatic carbocycles. The van der Waals surface area contributed by atoms with Gasteiger partial charge in [0, 0.05) is 35.3 Å². The Morgan fingerprint density at radius 2 is 2.03 bits per heavy atom. The maximum absolute atomic E-state index is 12.6. The third-order valence-corrected chi connectivity index (χ3v) is 5.58. The molecule has 0 fully saturated rings. The quantitative estimate of drug-likeness (QED) is 0.493. The molecule has 1 aliphatic heterocycles. The molecule has 8 heteroatoms. The zero-order valence-corrected chi connectivity index (χ0v) is 18.6. The molecule has 2 aromatic heterocycles. The molecule has 3 heterocycles. The number of imidazole rings is 1. The topological polar surface area (TPSA) is 81.0 Å². The fraction of sp³-hybridized carbons (Fsp3) is 0.240. The van der Waals surface area contributed by atoms with Gasteiger partial charge in [0.1, 0.15) is 5.75 Å². The van der Waals surface area contributed by atoms with Gasteiger partial charge in [-0.25, -0.2) is 9.50 Å². The molecule has 0 atom stereocenters. The summed E-state index contributed by atoms with van der Waals surface area (Å²) >= 11 is 0. The molecule has 168 valence electrons. The van der Waals surface area contributed by atoms with E-state index in [1.54, 1.807) is 6.20 Å². The number of benzene rings is 2. The van der Waals surface area contributed by atoms with Crippen molar-refractivity contribution in [2.75, 3.05) is 34.0 Å². The number of ether oxygens (including phenoxy) is 2. The van der Waals surface area contributed by atoms with E-state index in [-0.39, 0.29) is 12.7 Å². The molecule has 0 unspecified atom stereocenters. The van der Waals surface area contributed by atoms with E-state index in [9.17, 15) is 4.79 Å². The van der Waals surface area contributed by atoms with Crippen molar-refractivity contribution < 1.29 is 14.3 Å². The van der Waals surface area contributed by atoms with E-state index in [1.807, 2.05) is 78.1 Å². The fourth-order valence-electron chi connectivity index (χ4n) is 3.87. The lowest BCUT2D eigenvalue weighted by Crippen LogP contribution is -2.31. The maximum atomic E-state index is 12.6. The summed E-state index contributed by atoms with van der Waals surface area (Å²) in [6.45, 7) is 2.11. The molecule has 0 radical (unpaired) electrons. The molecule has 0 spiro atoms. The summed E-state index contributed by atoms with van der Waals surface area (Å²) in [7, 11) is 3.95. The average molecular weight is 444 g/mol. The first-order valence-electron chi connectivity index (χ1n) is 10.8. The van der Waals surface area contributed by atoms with Crippen LogP contribution in [-0.2, 0) is 11.3 Å². The Bertz CT molecular complexity index is 1310. The summed E-state index contributed by atoms with van der Waals surface area (Å²) in [5.41, 5.74) is 5.75. The molecule has 0 saturated heterocycles. The molecule has 1 N–H and O–H groups in total. The second-order valence-electron chi connectivity index (χ2n) is 8.16. The van der Waals surface area contributed by atoms with Crippen molar-refractivity contribution in [3.8, 4) is 28.3 Å². The number of likely N-dealkylation sites (N-methyl/N-ethyl adjacent to an activating group) is 1. The Morgan fingerprint density at radius 1 is 1.15 bits per heavy atom. The summed E-state index contributed by atoms with van der Waals surface area (Å²) in [5, 5.41) is 7.83. The van der Waals surface area contributed by atoms with Crippen LogP contribution < -0.4 is 10.1 Å². The third kappa shape index (κ3) is 4.30. The van der Waals surface area contributed by atoms with Crippen LogP contribution in [0.2, 0.25) is 0 Å². The lowest BCUT2D eigenvalue weighted by molar-refractivity contribution is -0.0160. The van der Waals surface area contributed by atoms with Crippen molar-refractivity contribution >= 4 is 11.6 Å². The summed E-state index contributed by atoms with van der Waals surface area (Å²) in [6.07, 6.45) is 1.78. The van der Waals surface area contributed by atoms with Gasteiger partial charge in [0.05, 0.1) is 24.2 Å². The standard InChI is InChI=1S/C25H25N5O3/c1-29(2)12-11-26-25(31)18-6-3-5-17(13-18)22-14-27-24-10-9-21(28-30(22)24)19-7-4-8-23-20(19)15-32-16-33-23/h3-10,13-14H,11-12,15-16H2,1-2H3,(H,26,31). The van der Waals surface area contributed by atoms with Crippen molar-refractivity contribution in [1.82, 2.24) is 24.8 Å². The zero-order chi connectivity index (χ0) is 22.8. The number of nitrogens with one attached hydrogen (secondary N) is 1. The fourth-order valence-corrected chi connectivity index (χ4v) is 3.87. The Hall–Kier alpha value is -3.75. The normalized spacial score (nSPS) is 13.1. The van der Waals surface area contributed by atoms with Crippen LogP contribution in [0.15, 0.2) is 60.8 Å². The molecule has 5 rings (SSSR count). The number of carbonyl (C=O) groups is 1. The van der Waals surface area contributed by atoms with Crippen LogP contribution in [0.5, 0.6) is 5.75 Å². The van der Waals surface area contributed by atoms with Gasteiger partial charge in [-0.15, -0.1) is 0 Å². The smallest absolute Gasteiger partial charge is 0.251 e. The highest BCUT2D eigenvalue weighted by Gasteiger charge is 2.18. The van der Waals surface area contributed by atoms with Crippen molar-refractivity contribution in [3.63, 3.8) is 0 Å². The van der Waals surface area contributed by atoms with Crippen LogP contribution >= 0.6 is 0 Å². The van der Waals surface area contributed by atoms with Gasteiger partial charge < -0.3 is 19.7 Å². The Kier molecular flexibility index (Phi) is 5.77. The third-order valence-electron chi connectivity index (χ3n) is 5.58. The zero-order valence-electron chi connectivity index (χ0n) is 18.6. The van der Waals surface area contributed by atoms with Gasteiger partial charge in [-0.3, -0.25) is 4.79 Å². The second-order valence-corrected chi connectivity index (χ2v) is 8.16. The van der Waals surface area contributed by atoms with Crippen LogP contribution in [0.4, 0.5) is 0 Å². The van der Waals surface area contributed by atoms with Crippen molar-refractivity contribution in [1.29, 1.82) is 0 Å². The first kappa shape index (κ1) is 21.1. The van der Waals surface area contributed by atoms with Gasteiger partial charge in [0.2, 0.25) is 0 Å². The van der Waals surface area contributed by atoms with E-state index in [1.165, 1.54) is 0 Å². The van der Waals surface area contributed by atoms with Crippen molar-refractivity contribution in [3.05, 3.63) is 71.9 Å². The van der Waals surface area contributed by atoms with E-state index < -0.39 is 0 Å². The van der Waals surface area contributed by atoms with Gasteiger partial charge in [0.15, 0.2) is 12.4 Å². The number of amides is 1. The molecular weight excluding hydrogens is 418 g/mol. The lowest BCUT2D eigenvalue weighted by atomic mass is 10.0. The van der Waals surface area contributed by atoms with Gasteiger partial charge in [-0.05, 0) is 44.4 Å². The predicted octanol–water partition coefficient (Wildman–Crippen LogP) is 3.22. The SMILES string of the molecule is CN(C)CCNC(=O)c1cccc(-c2cnc3ccc(-c4cccc5c4COCO5)nn23)c1. The molecule has 4 aromatic rings.